The fourth-order valence-electron chi connectivity index (χ4n) is 4.11. The summed E-state index contributed by atoms with van der Waals surface area (Å²) in [4.78, 5) is 2.55. The van der Waals surface area contributed by atoms with Crippen LogP contribution in [-0.4, -0.2) is 12.6 Å². The molecule has 24 heavy (non-hydrogen) atoms. The lowest BCUT2D eigenvalue weighted by molar-refractivity contribution is 0.329. The van der Waals surface area contributed by atoms with Gasteiger partial charge in [0.15, 0.2) is 0 Å². The van der Waals surface area contributed by atoms with Crippen LogP contribution in [0.5, 0.6) is 0 Å². The number of allylic oxidation sites excluding steroid dienone is 2. The molecule has 1 aromatic carbocycles. The summed E-state index contributed by atoms with van der Waals surface area (Å²) in [5.74, 6) is 1.00. The number of anilines is 1. The van der Waals surface area contributed by atoms with Gasteiger partial charge in [-0.05, 0) is 43.0 Å². The Morgan fingerprint density at radius 3 is 2.46 bits per heavy atom. The molecule has 0 amide bonds. The zero-order valence-electron chi connectivity index (χ0n) is 14.7. The van der Waals surface area contributed by atoms with Crippen molar-refractivity contribution >= 4 is 17.3 Å². The summed E-state index contributed by atoms with van der Waals surface area (Å²) >= 11 is 6.07. The van der Waals surface area contributed by atoms with E-state index in [1.54, 1.807) is 0 Å². The first-order chi connectivity index (χ1) is 11.8. The number of unbranched alkanes of at least 4 members (excludes halogenated alkanes) is 1. The molecule has 2 aliphatic carbocycles. The predicted molar refractivity (Wildman–Crippen MR) is 106 cm³/mol. The van der Waals surface area contributed by atoms with Gasteiger partial charge in [-0.3, -0.25) is 0 Å². The second kappa shape index (κ2) is 9.32. The molecular weight excluding hydrogens is 314 g/mol. The second-order valence-corrected chi connectivity index (χ2v) is 7.72. The van der Waals surface area contributed by atoms with Crippen molar-refractivity contribution in [3.05, 3.63) is 53.6 Å². The van der Waals surface area contributed by atoms with Crippen LogP contribution in [0.3, 0.4) is 0 Å². The highest BCUT2D eigenvalue weighted by Crippen LogP contribution is 2.28. The highest BCUT2D eigenvalue weighted by Gasteiger charge is 2.17. The standard InChI is InChI=1S/C22H30ClN/c23-20-14-16-22(17-15-20)24(21-12-5-2-6-13-21)18-8-7-11-19-9-3-1-4-10-19/h2,5-6,12,14-17,19,21H,1,3-4,7-11,13,18H2. The Morgan fingerprint density at radius 1 is 0.958 bits per heavy atom. The first-order valence-corrected chi connectivity index (χ1v) is 10.1. The van der Waals surface area contributed by atoms with E-state index in [2.05, 4.69) is 41.3 Å². The van der Waals surface area contributed by atoms with Gasteiger partial charge in [-0.15, -0.1) is 0 Å². The molecule has 0 radical (unpaired) electrons. The summed E-state index contributed by atoms with van der Waals surface area (Å²) < 4.78 is 0. The summed E-state index contributed by atoms with van der Waals surface area (Å²) in [5, 5.41) is 0.815. The molecule has 3 rings (SSSR count). The van der Waals surface area contributed by atoms with Crippen LogP contribution in [0.15, 0.2) is 48.6 Å². The third kappa shape index (κ3) is 5.14. The molecule has 0 N–H and O–H groups in total. The molecule has 1 unspecified atom stereocenters. The van der Waals surface area contributed by atoms with Crippen LogP contribution >= 0.6 is 11.6 Å². The molecular formula is C22H30ClN. The molecule has 0 spiro atoms. The Hall–Kier alpha value is -1.21. The van der Waals surface area contributed by atoms with Crippen LogP contribution in [0, 0.1) is 5.92 Å². The van der Waals surface area contributed by atoms with Gasteiger partial charge in [-0.2, -0.15) is 0 Å². The number of halogens is 1. The average Bonchev–Trinajstić information content (AvgIpc) is 2.64. The minimum atomic E-state index is 0.478. The maximum absolute atomic E-state index is 6.07. The molecule has 0 aliphatic heterocycles. The Labute approximate surface area is 152 Å². The number of nitrogens with zero attached hydrogens (tertiary/aromatic N) is 1. The van der Waals surface area contributed by atoms with Crippen molar-refractivity contribution in [3.8, 4) is 0 Å². The number of hydrogen-bond acceptors (Lipinski definition) is 1. The first-order valence-electron chi connectivity index (χ1n) is 9.68. The monoisotopic (exact) mass is 343 g/mol. The lowest BCUT2D eigenvalue weighted by Gasteiger charge is -2.33. The van der Waals surface area contributed by atoms with Gasteiger partial charge in [0, 0.05) is 17.3 Å². The zero-order valence-corrected chi connectivity index (χ0v) is 15.4. The number of hydrogen-bond donors (Lipinski definition) is 0. The van der Waals surface area contributed by atoms with Crippen LogP contribution in [0.25, 0.3) is 0 Å². The van der Waals surface area contributed by atoms with Crippen molar-refractivity contribution in [3.63, 3.8) is 0 Å². The fourth-order valence-corrected chi connectivity index (χ4v) is 4.23. The fraction of sp³-hybridized carbons (Fsp3) is 0.545. The van der Waals surface area contributed by atoms with Gasteiger partial charge in [0.05, 0.1) is 6.04 Å². The summed E-state index contributed by atoms with van der Waals surface area (Å²) in [6, 6.07) is 8.82. The average molecular weight is 344 g/mol. The van der Waals surface area contributed by atoms with Crippen molar-refractivity contribution in [2.45, 2.75) is 63.8 Å². The van der Waals surface area contributed by atoms with E-state index in [0.29, 0.717) is 6.04 Å². The Morgan fingerprint density at radius 2 is 1.75 bits per heavy atom. The normalized spacial score (nSPS) is 21.1. The molecule has 1 aromatic rings. The largest absolute Gasteiger partial charge is 0.365 e. The number of benzene rings is 1. The number of rotatable bonds is 7. The van der Waals surface area contributed by atoms with Crippen LogP contribution in [-0.2, 0) is 0 Å². The van der Waals surface area contributed by atoms with Crippen LogP contribution in [0.1, 0.15) is 57.8 Å². The van der Waals surface area contributed by atoms with Crippen molar-refractivity contribution in [1.29, 1.82) is 0 Å². The van der Waals surface area contributed by atoms with Gasteiger partial charge in [-0.25, -0.2) is 0 Å². The van der Waals surface area contributed by atoms with E-state index in [4.69, 9.17) is 11.6 Å². The molecule has 0 bridgehead atoms. The molecule has 130 valence electrons. The van der Waals surface area contributed by atoms with Crippen molar-refractivity contribution < 1.29 is 0 Å². The third-order valence-corrected chi connectivity index (χ3v) is 5.75. The molecule has 1 atom stereocenters. The van der Waals surface area contributed by atoms with E-state index in [1.807, 2.05) is 12.1 Å². The van der Waals surface area contributed by atoms with E-state index in [9.17, 15) is 0 Å². The predicted octanol–water partition coefficient (Wildman–Crippen LogP) is 6.78. The summed E-state index contributed by atoms with van der Waals surface area (Å²) in [5.41, 5.74) is 1.29. The molecule has 2 aliphatic rings. The highest BCUT2D eigenvalue weighted by atomic mass is 35.5. The van der Waals surface area contributed by atoms with Gasteiger partial charge in [-0.1, -0.05) is 80.9 Å². The quantitative estimate of drug-likeness (QED) is 0.493. The minimum absolute atomic E-state index is 0.478. The van der Waals surface area contributed by atoms with Gasteiger partial charge < -0.3 is 4.90 Å². The molecule has 0 saturated heterocycles. The van der Waals surface area contributed by atoms with Gasteiger partial charge in [0.2, 0.25) is 0 Å². The Bertz CT molecular complexity index is 540. The van der Waals surface area contributed by atoms with Crippen LogP contribution in [0.2, 0.25) is 5.02 Å². The smallest absolute Gasteiger partial charge is 0.0510 e. The maximum atomic E-state index is 6.07. The third-order valence-electron chi connectivity index (χ3n) is 5.50. The van der Waals surface area contributed by atoms with Crippen molar-refractivity contribution in [2.75, 3.05) is 11.4 Å². The molecule has 1 fully saturated rings. The van der Waals surface area contributed by atoms with Gasteiger partial charge in [0.25, 0.3) is 0 Å². The Balaban J connectivity index is 1.54. The molecule has 0 aromatic heterocycles. The van der Waals surface area contributed by atoms with Crippen molar-refractivity contribution in [1.82, 2.24) is 0 Å². The Kier molecular flexibility index (Phi) is 6.84. The van der Waals surface area contributed by atoms with E-state index in [1.165, 1.54) is 57.1 Å². The van der Waals surface area contributed by atoms with Crippen molar-refractivity contribution in [2.24, 2.45) is 5.92 Å². The maximum Gasteiger partial charge on any atom is 0.0510 e. The molecule has 1 nitrogen and oxygen atoms in total. The van der Waals surface area contributed by atoms with E-state index < -0.39 is 0 Å². The van der Waals surface area contributed by atoms with E-state index >= 15 is 0 Å². The summed E-state index contributed by atoms with van der Waals surface area (Å²) in [7, 11) is 0. The van der Waals surface area contributed by atoms with Gasteiger partial charge >= 0.3 is 0 Å². The highest BCUT2D eigenvalue weighted by molar-refractivity contribution is 6.30. The minimum Gasteiger partial charge on any atom is -0.365 e. The van der Waals surface area contributed by atoms with E-state index in [-0.39, 0.29) is 0 Å². The SMILES string of the molecule is Clc1ccc(N(CCCCC2CCCCC2)C2C=CC=CC2)cc1. The second-order valence-electron chi connectivity index (χ2n) is 7.29. The van der Waals surface area contributed by atoms with Gasteiger partial charge in [0.1, 0.15) is 0 Å². The lowest BCUT2D eigenvalue weighted by atomic mass is 9.86. The zero-order chi connectivity index (χ0) is 16.6. The first kappa shape index (κ1) is 17.6. The summed E-state index contributed by atoms with van der Waals surface area (Å²) in [6.45, 7) is 1.14. The molecule has 1 saturated carbocycles. The topological polar surface area (TPSA) is 3.24 Å². The van der Waals surface area contributed by atoms with E-state index in [0.717, 1.165) is 23.9 Å². The molecule has 2 heteroatoms. The summed E-state index contributed by atoms with van der Waals surface area (Å²) in [6.07, 6.45) is 21.4. The van der Waals surface area contributed by atoms with Crippen LogP contribution in [0.4, 0.5) is 5.69 Å². The molecule has 0 heterocycles. The van der Waals surface area contributed by atoms with Crippen LogP contribution < -0.4 is 4.90 Å². The lowest BCUT2D eigenvalue weighted by Crippen LogP contribution is -2.35.